The largest absolute Gasteiger partial charge is 0.493 e. The Bertz CT molecular complexity index is 1380. The molecule has 0 fully saturated rings. The van der Waals surface area contributed by atoms with Crippen LogP contribution in [0.4, 0.5) is 11.4 Å². The number of amides is 2. The molecule has 1 aliphatic rings. The fraction of sp³-hybridized carbons (Fsp3) is 0.167. The predicted octanol–water partition coefficient (Wildman–Crippen LogP) is 2.70. The lowest BCUT2D eigenvalue weighted by Gasteiger charge is -2.37. The zero-order chi connectivity index (χ0) is 25.3. The van der Waals surface area contributed by atoms with Crippen LogP contribution in [0.15, 0.2) is 65.6 Å². The van der Waals surface area contributed by atoms with E-state index in [4.69, 9.17) is 19.3 Å². The predicted molar refractivity (Wildman–Crippen MR) is 129 cm³/mol. The van der Waals surface area contributed by atoms with Gasteiger partial charge in [0.1, 0.15) is 6.04 Å². The van der Waals surface area contributed by atoms with E-state index in [0.717, 1.165) is 0 Å². The van der Waals surface area contributed by atoms with Crippen molar-refractivity contribution >= 4 is 33.2 Å². The van der Waals surface area contributed by atoms with Crippen molar-refractivity contribution in [2.75, 3.05) is 31.5 Å². The number of nitrogens with one attached hydrogen (secondary N) is 1. The fourth-order valence-electron chi connectivity index (χ4n) is 3.97. The van der Waals surface area contributed by atoms with E-state index in [1.54, 1.807) is 30.3 Å². The van der Waals surface area contributed by atoms with Gasteiger partial charge < -0.3 is 19.5 Å². The normalized spacial score (nSPS) is 15.1. The first-order valence-corrected chi connectivity index (χ1v) is 11.9. The van der Waals surface area contributed by atoms with Gasteiger partial charge in [0.25, 0.3) is 11.8 Å². The molecule has 1 aliphatic heterocycles. The zero-order valence-corrected chi connectivity index (χ0v) is 20.0. The van der Waals surface area contributed by atoms with Crippen molar-refractivity contribution in [1.29, 1.82) is 0 Å². The number of fused-ring (bicyclic) bond motifs is 1. The number of nitrogens with zero attached hydrogens (tertiary/aromatic N) is 1. The number of carbonyl (C=O) groups excluding carboxylic acids is 2. The topological polar surface area (TPSA) is 137 Å². The lowest BCUT2D eigenvalue weighted by atomic mass is 9.98. The molecule has 3 aromatic carbocycles. The SMILES string of the molecule is COc1cc(C(=O)N2c3ccc(S(N)(=O)=O)cc3NC(=O)C2c2ccccc2)cc(OC)c1OC. The van der Waals surface area contributed by atoms with Crippen molar-refractivity contribution < 1.29 is 32.2 Å². The molecule has 10 nitrogen and oxygen atoms in total. The second-order valence-electron chi connectivity index (χ2n) is 7.62. The highest BCUT2D eigenvalue weighted by Crippen LogP contribution is 2.43. The lowest BCUT2D eigenvalue weighted by molar-refractivity contribution is -0.117. The van der Waals surface area contributed by atoms with Gasteiger partial charge in [0.15, 0.2) is 11.5 Å². The van der Waals surface area contributed by atoms with Crippen molar-refractivity contribution in [2.45, 2.75) is 10.9 Å². The van der Waals surface area contributed by atoms with Crippen LogP contribution >= 0.6 is 0 Å². The number of methoxy groups -OCH3 is 3. The number of carbonyl (C=O) groups is 2. The second-order valence-corrected chi connectivity index (χ2v) is 9.18. The molecule has 0 spiro atoms. The molecule has 0 saturated carbocycles. The van der Waals surface area contributed by atoms with Gasteiger partial charge in [-0.25, -0.2) is 13.6 Å². The minimum Gasteiger partial charge on any atom is -0.493 e. The third-order valence-corrected chi connectivity index (χ3v) is 6.48. The van der Waals surface area contributed by atoms with E-state index in [2.05, 4.69) is 5.32 Å². The number of nitrogens with two attached hydrogens (primary N) is 1. The summed E-state index contributed by atoms with van der Waals surface area (Å²) in [7, 11) is 0.264. The molecule has 4 rings (SSSR count). The molecular weight excluding hydrogens is 474 g/mol. The first-order chi connectivity index (χ1) is 16.7. The average molecular weight is 498 g/mol. The maximum atomic E-state index is 14.0. The number of benzene rings is 3. The zero-order valence-electron chi connectivity index (χ0n) is 19.1. The van der Waals surface area contributed by atoms with E-state index in [9.17, 15) is 18.0 Å². The van der Waals surface area contributed by atoms with Crippen LogP contribution in [0.25, 0.3) is 0 Å². The minimum absolute atomic E-state index is 0.134. The van der Waals surface area contributed by atoms with Crippen LogP contribution in [0.2, 0.25) is 0 Å². The van der Waals surface area contributed by atoms with Crippen molar-refractivity contribution in [2.24, 2.45) is 5.14 Å². The molecule has 0 bridgehead atoms. The number of hydrogen-bond acceptors (Lipinski definition) is 7. The summed E-state index contributed by atoms with van der Waals surface area (Å²) < 4.78 is 39.8. The van der Waals surface area contributed by atoms with E-state index in [1.165, 1.54) is 56.6 Å². The Morgan fingerprint density at radius 2 is 1.57 bits per heavy atom. The average Bonchev–Trinajstić information content (AvgIpc) is 2.86. The second kappa shape index (κ2) is 9.28. The van der Waals surface area contributed by atoms with Gasteiger partial charge >= 0.3 is 0 Å². The summed E-state index contributed by atoms with van der Waals surface area (Å²) in [5, 5.41) is 7.96. The highest BCUT2D eigenvalue weighted by Gasteiger charge is 2.39. The van der Waals surface area contributed by atoms with Crippen LogP contribution < -0.4 is 29.6 Å². The molecule has 0 radical (unpaired) electrons. The van der Waals surface area contributed by atoms with Gasteiger partial charge in [-0.3, -0.25) is 14.5 Å². The van der Waals surface area contributed by atoms with Crippen molar-refractivity contribution in [3.05, 3.63) is 71.8 Å². The maximum Gasteiger partial charge on any atom is 0.259 e. The summed E-state index contributed by atoms with van der Waals surface area (Å²) in [5.74, 6) is -0.232. The Morgan fingerprint density at radius 1 is 0.943 bits per heavy atom. The summed E-state index contributed by atoms with van der Waals surface area (Å²) in [5.41, 5.74) is 1.16. The maximum absolute atomic E-state index is 14.0. The quantitative estimate of drug-likeness (QED) is 0.534. The van der Waals surface area contributed by atoms with E-state index in [-0.39, 0.29) is 27.6 Å². The van der Waals surface area contributed by atoms with E-state index in [1.807, 2.05) is 0 Å². The number of anilines is 2. The number of sulfonamides is 1. The number of ether oxygens (including phenoxy) is 3. The van der Waals surface area contributed by atoms with E-state index >= 15 is 0 Å². The highest BCUT2D eigenvalue weighted by molar-refractivity contribution is 7.89. The third kappa shape index (κ3) is 4.38. The summed E-state index contributed by atoms with van der Waals surface area (Å²) in [4.78, 5) is 28.3. The van der Waals surface area contributed by atoms with E-state index in [0.29, 0.717) is 17.0 Å². The molecule has 1 heterocycles. The van der Waals surface area contributed by atoms with Crippen molar-refractivity contribution in [1.82, 2.24) is 0 Å². The molecule has 35 heavy (non-hydrogen) atoms. The van der Waals surface area contributed by atoms with Gasteiger partial charge in [-0.1, -0.05) is 30.3 Å². The van der Waals surface area contributed by atoms with Crippen molar-refractivity contribution in [3.63, 3.8) is 0 Å². The first kappa shape index (κ1) is 24.0. The Morgan fingerprint density at radius 3 is 2.11 bits per heavy atom. The summed E-state index contributed by atoms with van der Waals surface area (Å²) in [6, 6.07) is 14.6. The van der Waals surface area contributed by atoms with Gasteiger partial charge in [0.05, 0.1) is 37.6 Å². The number of primary sulfonamides is 1. The minimum atomic E-state index is -4.04. The van der Waals surface area contributed by atoms with Crippen LogP contribution in [0, 0.1) is 0 Å². The van der Waals surface area contributed by atoms with Gasteiger partial charge in [-0.05, 0) is 35.9 Å². The summed E-state index contributed by atoms with van der Waals surface area (Å²) in [6.07, 6.45) is 0. The standard InChI is InChI=1S/C24H23N3O7S/c1-32-19-11-15(12-20(33-2)22(19)34-3)24(29)27-18-10-9-16(35(25,30)31)13-17(18)26-23(28)21(27)14-7-5-4-6-8-14/h4-13,21H,1-3H3,(H,26,28)(H2,25,30,31). The number of hydrogen-bond donors (Lipinski definition) is 2. The van der Waals surface area contributed by atoms with Crippen LogP contribution in [-0.2, 0) is 14.8 Å². The Kier molecular flexibility index (Phi) is 6.37. The van der Waals surface area contributed by atoms with Gasteiger partial charge in [-0.15, -0.1) is 0 Å². The van der Waals surface area contributed by atoms with Gasteiger partial charge in [0, 0.05) is 5.56 Å². The molecule has 3 N–H and O–H groups in total. The molecule has 11 heteroatoms. The Balaban J connectivity index is 1.93. The molecule has 1 atom stereocenters. The molecule has 0 aliphatic carbocycles. The van der Waals surface area contributed by atoms with Crippen LogP contribution in [0.1, 0.15) is 22.0 Å². The third-order valence-electron chi connectivity index (χ3n) is 5.57. The molecule has 3 aromatic rings. The molecule has 0 aromatic heterocycles. The van der Waals surface area contributed by atoms with Gasteiger partial charge in [-0.2, -0.15) is 0 Å². The summed E-state index contributed by atoms with van der Waals surface area (Å²) in [6.45, 7) is 0. The van der Waals surface area contributed by atoms with E-state index < -0.39 is 27.9 Å². The monoisotopic (exact) mass is 497 g/mol. The molecule has 0 saturated heterocycles. The van der Waals surface area contributed by atoms with Gasteiger partial charge in [0.2, 0.25) is 15.8 Å². The van der Waals surface area contributed by atoms with Crippen LogP contribution in [-0.4, -0.2) is 41.6 Å². The number of rotatable bonds is 6. The van der Waals surface area contributed by atoms with Crippen LogP contribution in [0.3, 0.4) is 0 Å². The molecule has 182 valence electrons. The van der Waals surface area contributed by atoms with Crippen molar-refractivity contribution in [3.8, 4) is 17.2 Å². The first-order valence-electron chi connectivity index (χ1n) is 10.4. The molecule has 1 unspecified atom stereocenters. The molecule has 2 amide bonds. The molecular formula is C24H23N3O7S. The smallest absolute Gasteiger partial charge is 0.259 e. The Hall–Kier alpha value is -4.09. The Labute approximate surface area is 202 Å². The summed E-state index contributed by atoms with van der Waals surface area (Å²) >= 11 is 0. The fourth-order valence-corrected chi connectivity index (χ4v) is 4.51. The highest BCUT2D eigenvalue weighted by atomic mass is 32.2. The lowest BCUT2D eigenvalue weighted by Crippen LogP contribution is -2.45. The van der Waals surface area contributed by atoms with Crippen LogP contribution in [0.5, 0.6) is 17.2 Å².